The van der Waals surface area contributed by atoms with Crippen molar-refractivity contribution < 1.29 is 14.3 Å². The lowest BCUT2D eigenvalue weighted by atomic mass is 10.0. The summed E-state index contributed by atoms with van der Waals surface area (Å²) in [6.45, 7) is 5.54. The molecule has 2 aromatic heterocycles. The molecule has 0 amide bonds. The van der Waals surface area contributed by atoms with Gasteiger partial charge in [-0.3, -0.25) is 9.59 Å². The molecule has 152 valence electrons. The van der Waals surface area contributed by atoms with Crippen LogP contribution in [0.1, 0.15) is 26.3 Å². The van der Waals surface area contributed by atoms with Gasteiger partial charge in [-0.15, -0.1) is 0 Å². The zero-order valence-electron chi connectivity index (χ0n) is 16.9. The largest absolute Gasteiger partial charge is 0.460 e. The van der Waals surface area contributed by atoms with Crippen molar-refractivity contribution in [2.75, 3.05) is 0 Å². The number of aromatic amines is 1. The maximum atomic E-state index is 12.3. The molecule has 2 heterocycles. The van der Waals surface area contributed by atoms with Crippen molar-refractivity contribution in [2.45, 2.75) is 32.8 Å². The summed E-state index contributed by atoms with van der Waals surface area (Å²) in [5, 5.41) is 1.76. The number of H-pyrrole nitrogens is 1. The monoisotopic (exact) mass is 403 g/mol. The van der Waals surface area contributed by atoms with Crippen LogP contribution in [-0.4, -0.2) is 26.5 Å². The van der Waals surface area contributed by atoms with E-state index in [0.717, 1.165) is 16.3 Å². The highest BCUT2D eigenvalue weighted by atomic mass is 16.6. The number of hydrogen-bond acceptors (Lipinski definition) is 6. The summed E-state index contributed by atoms with van der Waals surface area (Å²) in [5.74, 6) is 0.801. The number of carbonyl (C=O) groups is 1. The minimum atomic E-state index is -0.535. The zero-order valence-corrected chi connectivity index (χ0v) is 16.9. The van der Waals surface area contributed by atoms with E-state index in [4.69, 9.17) is 9.47 Å². The van der Waals surface area contributed by atoms with Gasteiger partial charge in [-0.2, -0.15) is 0 Å². The second-order valence-electron chi connectivity index (χ2n) is 7.89. The summed E-state index contributed by atoms with van der Waals surface area (Å²) in [6, 6.07) is 13.1. The molecule has 30 heavy (non-hydrogen) atoms. The lowest BCUT2D eigenvalue weighted by Crippen LogP contribution is -2.24. The Hall–Kier alpha value is -3.74. The van der Waals surface area contributed by atoms with Crippen LogP contribution in [0, 0.1) is 0 Å². The van der Waals surface area contributed by atoms with Gasteiger partial charge in [0.05, 0.1) is 12.6 Å². The SMILES string of the molecule is CC(C)(C)OC(=O)Cc1ccc(Oc2ccnc3[nH]c(=O)cnc23)c2ccccc12. The van der Waals surface area contributed by atoms with Crippen LogP contribution in [-0.2, 0) is 16.0 Å². The van der Waals surface area contributed by atoms with E-state index in [-0.39, 0.29) is 17.9 Å². The molecule has 7 heteroatoms. The zero-order chi connectivity index (χ0) is 21.3. The van der Waals surface area contributed by atoms with Gasteiger partial charge >= 0.3 is 5.97 Å². The van der Waals surface area contributed by atoms with Crippen molar-refractivity contribution >= 4 is 27.9 Å². The van der Waals surface area contributed by atoms with Crippen LogP contribution >= 0.6 is 0 Å². The van der Waals surface area contributed by atoms with Crippen molar-refractivity contribution in [3.05, 3.63) is 70.8 Å². The van der Waals surface area contributed by atoms with Crippen molar-refractivity contribution in [3.8, 4) is 11.5 Å². The molecule has 2 aromatic carbocycles. The summed E-state index contributed by atoms with van der Waals surface area (Å²) in [5.41, 5.74) is 0.801. The Labute approximate surface area is 172 Å². The number of aromatic nitrogens is 3. The van der Waals surface area contributed by atoms with Crippen molar-refractivity contribution in [1.82, 2.24) is 15.0 Å². The standard InChI is InChI=1S/C23H21N3O4/c1-23(2,3)30-20(28)12-14-8-9-17(16-7-5-4-6-15(14)16)29-18-10-11-24-22-21(18)25-13-19(27)26-22/h4-11,13H,12H2,1-3H3,(H,24,26,27). The lowest BCUT2D eigenvalue weighted by molar-refractivity contribution is -0.153. The molecular weight excluding hydrogens is 382 g/mol. The molecule has 0 saturated carbocycles. The van der Waals surface area contributed by atoms with Crippen LogP contribution < -0.4 is 10.3 Å². The number of nitrogens with one attached hydrogen (secondary N) is 1. The predicted molar refractivity (Wildman–Crippen MR) is 114 cm³/mol. The summed E-state index contributed by atoms with van der Waals surface area (Å²) in [7, 11) is 0. The third-order valence-corrected chi connectivity index (χ3v) is 4.39. The average molecular weight is 403 g/mol. The number of pyridine rings is 1. The number of nitrogens with zero attached hydrogens (tertiary/aromatic N) is 2. The van der Waals surface area contributed by atoms with Gasteiger partial charge in [0.1, 0.15) is 16.9 Å². The topological polar surface area (TPSA) is 94.2 Å². The predicted octanol–water partition coefficient (Wildman–Crippen LogP) is 4.15. The van der Waals surface area contributed by atoms with Gasteiger partial charge < -0.3 is 14.5 Å². The maximum Gasteiger partial charge on any atom is 0.310 e. The van der Waals surface area contributed by atoms with E-state index in [0.29, 0.717) is 22.7 Å². The van der Waals surface area contributed by atoms with Crippen molar-refractivity contribution in [2.24, 2.45) is 0 Å². The van der Waals surface area contributed by atoms with Crippen LogP contribution in [0.4, 0.5) is 0 Å². The summed E-state index contributed by atoms with van der Waals surface area (Å²) in [6.07, 6.45) is 2.91. The second kappa shape index (κ2) is 7.59. The molecule has 0 fully saturated rings. The van der Waals surface area contributed by atoms with Crippen LogP contribution in [0.5, 0.6) is 11.5 Å². The average Bonchev–Trinajstić information content (AvgIpc) is 2.68. The summed E-state index contributed by atoms with van der Waals surface area (Å²) < 4.78 is 11.6. The molecule has 0 atom stereocenters. The first-order valence-electron chi connectivity index (χ1n) is 9.54. The smallest absolute Gasteiger partial charge is 0.310 e. The molecule has 0 radical (unpaired) electrons. The van der Waals surface area contributed by atoms with Crippen LogP contribution in [0.3, 0.4) is 0 Å². The molecular formula is C23H21N3O4. The molecule has 0 spiro atoms. The van der Waals surface area contributed by atoms with Gasteiger partial charge in [0, 0.05) is 17.6 Å². The second-order valence-corrected chi connectivity index (χ2v) is 7.89. The van der Waals surface area contributed by atoms with E-state index in [1.807, 2.05) is 57.2 Å². The minimum absolute atomic E-state index is 0.166. The fourth-order valence-corrected chi connectivity index (χ4v) is 3.24. The number of ether oxygens (including phenoxy) is 2. The fraction of sp³-hybridized carbons (Fsp3) is 0.217. The summed E-state index contributed by atoms with van der Waals surface area (Å²) >= 11 is 0. The fourth-order valence-electron chi connectivity index (χ4n) is 3.24. The van der Waals surface area contributed by atoms with E-state index >= 15 is 0 Å². The first-order chi connectivity index (χ1) is 14.3. The van der Waals surface area contributed by atoms with E-state index < -0.39 is 5.60 Å². The van der Waals surface area contributed by atoms with Gasteiger partial charge in [0.15, 0.2) is 11.4 Å². The van der Waals surface area contributed by atoms with Crippen molar-refractivity contribution in [1.29, 1.82) is 0 Å². The number of carbonyl (C=O) groups excluding carboxylic acids is 1. The molecule has 0 aliphatic rings. The number of hydrogen-bond donors (Lipinski definition) is 1. The highest BCUT2D eigenvalue weighted by Crippen LogP contribution is 2.34. The summed E-state index contributed by atoms with van der Waals surface area (Å²) in [4.78, 5) is 34.8. The Morgan fingerprint density at radius 3 is 2.53 bits per heavy atom. The third kappa shape index (κ3) is 4.15. The molecule has 4 aromatic rings. The van der Waals surface area contributed by atoms with E-state index in [2.05, 4.69) is 15.0 Å². The number of fused-ring (bicyclic) bond motifs is 2. The molecule has 1 N–H and O–H groups in total. The van der Waals surface area contributed by atoms with E-state index in [1.165, 1.54) is 6.20 Å². The van der Waals surface area contributed by atoms with Gasteiger partial charge in [-0.05, 0) is 37.8 Å². The minimum Gasteiger partial charge on any atom is -0.460 e. The number of rotatable bonds is 4. The van der Waals surface area contributed by atoms with Crippen LogP contribution in [0.2, 0.25) is 0 Å². The third-order valence-electron chi connectivity index (χ3n) is 4.39. The quantitative estimate of drug-likeness (QED) is 0.515. The molecule has 0 saturated heterocycles. The molecule has 7 nitrogen and oxygen atoms in total. The van der Waals surface area contributed by atoms with Crippen molar-refractivity contribution in [3.63, 3.8) is 0 Å². The molecule has 0 aliphatic heterocycles. The Morgan fingerprint density at radius 1 is 1.00 bits per heavy atom. The Morgan fingerprint density at radius 2 is 1.77 bits per heavy atom. The number of esters is 1. The normalized spacial score (nSPS) is 11.6. The Balaban J connectivity index is 1.72. The molecule has 0 unspecified atom stereocenters. The maximum absolute atomic E-state index is 12.3. The molecule has 0 bridgehead atoms. The lowest BCUT2D eigenvalue weighted by Gasteiger charge is -2.20. The highest BCUT2D eigenvalue weighted by molar-refractivity contribution is 5.94. The van der Waals surface area contributed by atoms with Gasteiger partial charge in [-0.1, -0.05) is 30.3 Å². The van der Waals surface area contributed by atoms with Gasteiger partial charge in [-0.25, -0.2) is 9.97 Å². The Bertz CT molecular complexity index is 1310. The first-order valence-corrected chi connectivity index (χ1v) is 9.54. The van der Waals surface area contributed by atoms with E-state index in [1.54, 1.807) is 12.3 Å². The molecule has 0 aliphatic carbocycles. The van der Waals surface area contributed by atoms with Crippen LogP contribution in [0.25, 0.3) is 21.9 Å². The number of benzene rings is 2. The van der Waals surface area contributed by atoms with Crippen LogP contribution in [0.15, 0.2) is 59.7 Å². The van der Waals surface area contributed by atoms with E-state index in [9.17, 15) is 9.59 Å². The first kappa shape index (κ1) is 19.6. The highest BCUT2D eigenvalue weighted by Gasteiger charge is 2.18. The van der Waals surface area contributed by atoms with Gasteiger partial charge in [0.2, 0.25) is 0 Å². The Kier molecular flexibility index (Phi) is 4.95. The van der Waals surface area contributed by atoms with Gasteiger partial charge in [0.25, 0.3) is 5.56 Å². The molecule has 4 rings (SSSR count).